The van der Waals surface area contributed by atoms with Gasteiger partial charge in [-0.1, -0.05) is 44.2 Å². The van der Waals surface area contributed by atoms with Crippen molar-refractivity contribution in [2.45, 2.75) is 26.4 Å². The molecule has 0 saturated carbocycles. The molecule has 182 valence electrons. The summed E-state index contributed by atoms with van der Waals surface area (Å²) >= 11 is 0. The van der Waals surface area contributed by atoms with Crippen LogP contribution >= 0.6 is 0 Å². The van der Waals surface area contributed by atoms with Crippen LogP contribution in [0.5, 0.6) is 5.75 Å². The highest BCUT2D eigenvalue weighted by Crippen LogP contribution is 2.13. The van der Waals surface area contributed by atoms with Crippen molar-refractivity contribution in [1.82, 2.24) is 15.1 Å². The van der Waals surface area contributed by atoms with E-state index in [9.17, 15) is 14.4 Å². The Morgan fingerprint density at radius 1 is 0.941 bits per heavy atom. The number of carbonyl (C=O) groups is 3. The van der Waals surface area contributed by atoms with E-state index in [-0.39, 0.29) is 24.3 Å². The number of carbonyl (C=O) groups excluding carboxylic acids is 3. The minimum atomic E-state index is -0.856. The normalized spacial score (nSPS) is 15.0. The largest absolute Gasteiger partial charge is 0.497 e. The summed E-state index contributed by atoms with van der Waals surface area (Å²) in [5.74, 6) is -0.800. The van der Waals surface area contributed by atoms with Gasteiger partial charge in [0.15, 0.2) is 6.61 Å². The number of nitrogens with zero attached hydrogens (tertiary/aromatic N) is 2. The SMILES string of the molecule is COc1ccc(C(=O)N[C@H](C(=O)OCC(=O)N2CCN(Cc3ccccc3)CC2)C(C)C)cc1. The molecule has 1 aliphatic heterocycles. The fourth-order valence-corrected chi connectivity index (χ4v) is 3.78. The molecule has 1 atom stereocenters. The van der Waals surface area contributed by atoms with Gasteiger partial charge in [-0.05, 0) is 35.7 Å². The van der Waals surface area contributed by atoms with Crippen molar-refractivity contribution in [2.24, 2.45) is 5.92 Å². The van der Waals surface area contributed by atoms with Gasteiger partial charge >= 0.3 is 5.97 Å². The van der Waals surface area contributed by atoms with Gasteiger partial charge in [0.1, 0.15) is 11.8 Å². The van der Waals surface area contributed by atoms with Crippen molar-refractivity contribution >= 4 is 17.8 Å². The van der Waals surface area contributed by atoms with Gasteiger partial charge in [0.25, 0.3) is 11.8 Å². The third-order valence-corrected chi connectivity index (χ3v) is 5.87. The maximum Gasteiger partial charge on any atom is 0.329 e. The molecule has 0 aromatic heterocycles. The fourth-order valence-electron chi connectivity index (χ4n) is 3.78. The quantitative estimate of drug-likeness (QED) is 0.570. The van der Waals surface area contributed by atoms with Gasteiger partial charge in [-0.3, -0.25) is 14.5 Å². The van der Waals surface area contributed by atoms with Crippen molar-refractivity contribution in [3.05, 3.63) is 65.7 Å². The van der Waals surface area contributed by atoms with Gasteiger partial charge in [0.2, 0.25) is 0 Å². The summed E-state index contributed by atoms with van der Waals surface area (Å²) in [6.45, 7) is 6.85. The van der Waals surface area contributed by atoms with E-state index in [0.717, 1.165) is 19.6 Å². The number of amides is 2. The number of piperazine rings is 1. The van der Waals surface area contributed by atoms with Crippen molar-refractivity contribution in [1.29, 1.82) is 0 Å². The fraction of sp³-hybridized carbons (Fsp3) is 0.423. The molecule has 1 N–H and O–H groups in total. The third-order valence-electron chi connectivity index (χ3n) is 5.87. The molecule has 0 aliphatic carbocycles. The number of esters is 1. The minimum absolute atomic E-state index is 0.202. The molecule has 0 unspecified atom stereocenters. The first-order valence-corrected chi connectivity index (χ1v) is 11.5. The molecule has 1 aliphatic rings. The van der Waals surface area contributed by atoms with Gasteiger partial charge in [0.05, 0.1) is 7.11 Å². The molecule has 0 spiro atoms. The van der Waals surface area contributed by atoms with E-state index in [1.165, 1.54) is 5.56 Å². The zero-order chi connectivity index (χ0) is 24.5. The lowest BCUT2D eigenvalue weighted by Gasteiger charge is -2.34. The van der Waals surface area contributed by atoms with Crippen LogP contribution in [0, 0.1) is 5.92 Å². The Hall–Kier alpha value is -3.39. The number of hydrogen-bond acceptors (Lipinski definition) is 6. The molecule has 8 nitrogen and oxygen atoms in total. The second-order valence-electron chi connectivity index (χ2n) is 8.67. The Morgan fingerprint density at radius 3 is 2.18 bits per heavy atom. The Bertz CT molecular complexity index is 954. The van der Waals surface area contributed by atoms with E-state index in [4.69, 9.17) is 9.47 Å². The van der Waals surface area contributed by atoms with Crippen molar-refractivity contribution in [2.75, 3.05) is 39.9 Å². The summed E-state index contributed by atoms with van der Waals surface area (Å²) in [5.41, 5.74) is 1.65. The van der Waals surface area contributed by atoms with E-state index in [0.29, 0.717) is 24.4 Å². The zero-order valence-corrected chi connectivity index (χ0v) is 20.0. The number of benzene rings is 2. The van der Waals surface area contributed by atoms with Crippen LogP contribution in [0.15, 0.2) is 54.6 Å². The zero-order valence-electron chi connectivity index (χ0n) is 20.0. The van der Waals surface area contributed by atoms with E-state index in [1.54, 1.807) is 36.3 Å². The molecule has 1 saturated heterocycles. The second-order valence-corrected chi connectivity index (χ2v) is 8.67. The Labute approximate surface area is 200 Å². The van der Waals surface area contributed by atoms with Crippen LogP contribution in [0.1, 0.15) is 29.8 Å². The van der Waals surface area contributed by atoms with Gasteiger partial charge in [0, 0.05) is 38.3 Å². The summed E-state index contributed by atoms with van der Waals surface area (Å²) < 4.78 is 10.4. The maximum atomic E-state index is 12.7. The molecule has 0 radical (unpaired) electrons. The van der Waals surface area contributed by atoms with E-state index < -0.39 is 12.0 Å². The van der Waals surface area contributed by atoms with Crippen LogP contribution in [0.3, 0.4) is 0 Å². The van der Waals surface area contributed by atoms with Gasteiger partial charge in [-0.2, -0.15) is 0 Å². The Kier molecular flexibility index (Phi) is 9.04. The summed E-state index contributed by atoms with van der Waals surface area (Å²) in [6.07, 6.45) is 0. The van der Waals surface area contributed by atoms with Gasteiger partial charge in [-0.15, -0.1) is 0 Å². The first kappa shape index (κ1) is 25.2. The minimum Gasteiger partial charge on any atom is -0.497 e. The molecular formula is C26H33N3O5. The van der Waals surface area contributed by atoms with Crippen molar-refractivity contribution < 1.29 is 23.9 Å². The third kappa shape index (κ3) is 7.05. The molecule has 2 aromatic carbocycles. The van der Waals surface area contributed by atoms with Gasteiger partial charge in [-0.25, -0.2) is 4.79 Å². The Morgan fingerprint density at radius 2 is 1.59 bits per heavy atom. The lowest BCUT2D eigenvalue weighted by molar-refractivity contribution is -0.155. The lowest BCUT2D eigenvalue weighted by atomic mass is 10.0. The van der Waals surface area contributed by atoms with Crippen LogP contribution in [0.2, 0.25) is 0 Å². The summed E-state index contributed by atoms with van der Waals surface area (Å²) in [4.78, 5) is 41.8. The molecule has 8 heteroatoms. The van der Waals surface area contributed by atoms with Crippen LogP contribution in [0.25, 0.3) is 0 Å². The highest BCUT2D eigenvalue weighted by atomic mass is 16.5. The smallest absolute Gasteiger partial charge is 0.329 e. The molecule has 3 rings (SSSR count). The first-order chi connectivity index (χ1) is 16.4. The molecule has 1 heterocycles. The highest BCUT2D eigenvalue weighted by Gasteiger charge is 2.28. The predicted octanol–water partition coefficient (Wildman–Crippen LogP) is 2.34. The predicted molar refractivity (Wildman–Crippen MR) is 128 cm³/mol. The van der Waals surface area contributed by atoms with Crippen molar-refractivity contribution in [3.63, 3.8) is 0 Å². The summed E-state index contributed by atoms with van der Waals surface area (Å²) in [7, 11) is 1.55. The van der Waals surface area contributed by atoms with Crippen LogP contribution in [-0.2, 0) is 20.9 Å². The molecule has 2 amide bonds. The number of hydrogen-bond donors (Lipinski definition) is 1. The van der Waals surface area contributed by atoms with Crippen molar-refractivity contribution in [3.8, 4) is 5.75 Å². The number of nitrogens with one attached hydrogen (secondary N) is 1. The average Bonchev–Trinajstić information content (AvgIpc) is 2.86. The topological polar surface area (TPSA) is 88.2 Å². The van der Waals surface area contributed by atoms with E-state index in [2.05, 4.69) is 22.3 Å². The monoisotopic (exact) mass is 467 g/mol. The summed E-state index contributed by atoms with van der Waals surface area (Å²) in [6, 6.07) is 16.0. The number of ether oxygens (including phenoxy) is 2. The Balaban J connectivity index is 1.45. The average molecular weight is 468 g/mol. The van der Waals surface area contributed by atoms with Crippen LogP contribution < -0.4 is 10.1 Å². The van der Waals surface area contributed by atoms with Gasteiger partial charge < -0.3 is 19.7 Å². The second kappa shape index (κ2) is 12.2. The van der Waals surface area contributed by atoms with Crippen LogP contribution in [0.4, 0.5) is 0 Å². The summed E-state index contributed by atoms with van der Waals surface area (Å²) in [5, 5.41) is 2.72. The lowest BCUT2D eigenvalue weighted by Crippen LogP contribution is -2.50. The molecule has 0 bridgehead atoms. The maximum absolute atomic E-state index is 12.7. The highest BCUT2D eigenvalue weighted by molar-refractivity contribution is 5.97. The van der Waals surface area contributed by atoms with E-state index >= 15 is 0 Å². The molecule has 34 heavy (non-hydrogen) atoms. The molecule has 2 aromatic rings. The number of methoxy groups -OCH3 is 1. The number of rotatable bonds is 9. The first-order valence-electron chi connectivity index (χ1n) is 11.5. The molecule has 1 fully saturated rings. The standard InChI is InChI=1S/C26H33N3O5/c1-19(2)24(27-25(31)21-9-11-22(33-3)12-10-21)26(32)34-18-23(30)29-15-13-28(14-16-29)17-20-7-5-4-6-8-20/h4-12,19,24H,13-18H2,1-3H3,(H,27,31)/t24-/m0/s1. The van der Waals surface area contributed by atoms with Crippen LogP contribution in [-0.4, -0.2) is 73.5 Å². The van der Waals surface area contributed by atoms with E-state index in [1.807, 2.05) is 32.0 Å². The molecular weight excluding hydrogens is 434 g/mol.